The zero-order valence-corrected chi connectivity index (χ0v) is 10.5. The molecular formula is C12H19N3O2. The van der Waals surface area contributed by atoms with E-state index in [1.54, 1.807) is 13.1 Å². The lowest BCUT2D eigenvalue weighted by atomic mass is 10.2. The smallest absolute Gasteiger partial charge is 0.250 e. The quantitative estimate of drug-likeness (QED) is 0.807. The average Bonchev–Trinajstić information content (AvgIpc) is 2.20. The molecule has 17 heavy (non-hydrogen) atoms. The van der Waals surface area contributed by atoms with Crippen molar-refractivity contribution in [1.82, 2.24) is 9.88 Å². The monoisotopic (exact) mass is 237 g/mol. The molecule has 0 radical (unpaired) electrons. The zero-order chi connectivity index (χ0) is 13.0. The first-order valence-corrected chi connectivity index (χ1v) is 5.66. The van der Waals surface area contributed by atoms with Gasteiger partial charge in [-0.15, -0.1) is 0 Å². The molecule has 1 aromatic heterocycles. The maximum absolute atomic E-state index is 11.6. The van der Waals surface area contributed by atoms with Gasteiger partial charge in [0, 0.05) is 31.3 Å². The number of hydrogen-bond donors (Lipinski definition) is 2. The first kappa shape index (κ1) is 13.3. The predicted octanol–water partition coefficient (Wildman–Crippen LogP) is 0.654. The van der Waals surface area contributed by atoms with Gasteiger partial charge >= 0.3 is 0 Å². The normalized spacial score (nSPS) is 10.6. The Balaban J connectivity index is 2.67. The van der Waals surface area contributed by atoms with E-state index in [0.717, 1.165) is 5.56 Å². The number of carbonyl (C=O) groups excluding carboxylic acids is 1. The Morgan fingerprint density at radius 3 is 2.76 bits per heavy atom. The Bertz CT molecular complexity index is 463. The molecule has 1 rings (SSSR count). The number of nitrogens with zero attached hydrogens (tertiary/aromatic N) is 1. The van der Waals surface area contributed by atoms with E-state index in [9.17, 15) is 9.59 Å². The number of rotatable bonds is 4. The minimum atomic E-state index is -0.131. The SMILES string of the molecule is Cc1cc(=O)n(CCC(=O)NC(C)C)cc1N. The first-order valence-electron chi connectivity index (χ1n) is 5.66. The van der Waals surface area contributed by atoms with Crippen LogP contribution >= 0.6 is 0 Å². The van der Waals surface area contributed by atoms with Crippen LogP contribution < -0.4 is 16.6 Å². The molecule has 0 aromatic carbocycles. The summed E-state index contributed by atoms with van der Waals surface area (Å²) in [6.45, 7) is 5.93. The van der Waals surface area contributed by atoms with Crippen LogP contribution in [0, 0.1) is 6.92 Å². The molecule has 3 N–H and O–H groups in total. The number of nitrogens with one attached hydrogen (secondary N) is 1. The van der Waals surface area contributed by atoms with Crippen molar-refractivity contribution in [1.29, 1.82) is 0 Å². The molecule has 5 nitrogen and oxygen atoms in total. The number of hydrogen-bond acceptors (Lipinski definition) is 3. The topological polar surface area (TPSA) is 77.1 Å². The van der Waals surface area contributed by atoms with E-state index < -0.39 is 0 Å². The fourth-order valence-corrected chi connectivity index (χ4v) is 1.48. The maximum atomic E-state index is 11.6. The lowest BCUT2D eigenvalue weighted by Crippen LogP contribution is -2.32. The highest BCUT2D eigenvalue weighted by Crippen LogP contribution is 2.05. The number of nitrogen functional groups attached to an aromatic ring is 1. The number of pyridine rings is 1. The molecule has 0 aliphatic rings. The lowest BCUT2D eigenvalue weighted by molar-refractivity contribution is -0.121. The van der Waals surface area contributed by atoms with E-state index in [0.29, 0.717) is 12.2 Å². The van der Waals surface area contributed by atoms with Crippen LogP contribution in [0.4, 0.5) is 5.69 Å². The van der Waals surface area contributed by atoms with Crippen LogP contribution in [0.5, 0.6) is 0 Å². The largest absolute Gasteiger partial charge is 0.397 e. The number of amides is 1. The van der Waals surface area contributed by atoms with Crippen LogP contribution in [-0.2, 0) is 11.3 Å². The van der Waals surface area contributed by atoms with Crippen molar-refractivity contribution in [3.63, 3.8) is 0 Å². The molecule has 0 spiro atoms. The highest BCUT2D eigenvalue weighted by Gasteiger charge is 2.05. The van der Waals surface area contributed by atoms with Crippen molar-refractivity contribution in [2.24, 2.45) is 0 Å². The van der Waals surface area contributed by atoms with Crippen LogP contribution in [0.25, 0.3) is 0 Å². The molecule has 0 unspecified atom stereocenters. The maximum Gasteiger partial charge on any atom is 0.250 e. The summed E-state index contributed by atoms with van der Waals surface area (Å²) in [6, 6.07) is 1.60. The van der Waals surface area contributed by atoms with Gasteiger partial charge in [-0.1, -0.05) is 0 Å². The zero-order valence-electron chi connectivity index (χ0n) is 10.5. The second-order valence-corrected chi connectivity index (χ2v) is 4.42. The van der Waals surface area contributed by atoms with E-state index in [4.69, 9.17) is 5.73 Å². The summed E-state index contributed by atoms with van der Waals surface area (Å²) in [5.74, 6) is -0.0638. The average molecular weight is 237 g/mol. The highest BCUT2D eigenvalue weighted by molar-refractivity contribution is 5.76. The first-order chi connectivity index (χ1) is 7.90. The summed E-state index contributed by atoms with van der Waals surface area (Å²) in [4.78, 5) is 23.0. The van der Waals surface area contributed by atoms with E-state index in [-0.39, 0.29) is 23.9 Å². The molecule has 0 fully saturated rings. The van der Waals surface area contributed by atoms with E-state index >= 15 is 0 Å². The van der Waals surface area contributed by atoms with Gasteiger partial charge in [0.1, 0.15) is 0 Å². The Kier molecular flexibility index (Phi) is 4.31. The Labute approximate surface area is 101 Å². The minimum absolute atomic E-state index is 0.0638. The van der Waals surface area contributed by atoms with Gasteiger partial charge in [-0.3, -0.25) is 9.59 Å². The van der Waals surface area contributed by atoms with Crippen LogP contribution in [0.3, 0.4) is 0 Å². The molecule has 1 heterocycles. The second-order valence-electron chi connectivity index (χ2n) is 4.42. The van der Waals surface area contributed by atoms with Crippen molar-refractivity contribution in [3.05, 3.63) is 28.2 Å². The molecular weight excluding hydrogens is 218 g/mol. The molecule has 0 saturated heterocycles. The molecule has 5 heteroatoms. The summed E-state index contributed by atoms with van der Waals surface area (Å²) >= 11 is 0. The van der Waals surface area contributed by atoms with Crippen molar-refractivity contribution >= 4 is 11.6 Å². The number of nitrogens with two attached hydrogens (primary N) is 1. The van der Waals surface area contributed by atoms with Crippen molar-refractivity contribution < 1.29 is 4.79 Å². The van der Waals surface area contributed by atoms with Crippen molar-refractivity contribution in [3.8, 4) is 0 Å². The molecule has 0 aliphatic carbocycles. The van der Waals surface area contributed by atoms with Gasteiger partial charge in [-0.05, 0) is 26.3 Å². The fraction of sp³-hybridized carbons (Fsp3) is 0.500. The third-order valence-corrected chi connectivity index (χ3v) is 2.40. The third kappa shape index (κ3) is 3.94. The fourth-order valence-electron chi connectivity index (χ4n) is 1.48. The van der Waals surface area contributed by atoms with E-state index in [1.807, 2.05) is 13.8 Å². The summed E-state index contributed by atoms with van der Waals surface area (Å²) < 4.78 is 1.46. The third-order valence-electron chi connectivity index (χ3n) is 2.40. The van der Waals surface area contributed by atoms with Gasteiger partial charge in [-0.25, -0.2) is 0 Å². The van der Waals surface area contributed by atoms with Crippen LogP contribution in [0.2, 0.25) is 0 Å². The van der Waals surface area contributed by atoms with Crippen molar-refractivity contribution in [2.75, 3.05) is 5.73 Å². The van der Waals surface area contributed by atoms with Gasteiger partial charge in [0.15, 0.2) is 0 Å². The van der Waals surface area contributed by atoms with E-state index in [2.05, 4.69) is 5.32 Å². The lowest BCUT2D eigenvalue weighted by Gasteiger charge is -2.10. The number of anilines is 1. The molecule has 94 valence electrons. The standard InChI is InChI=1S/C12H19N3O2/c1-8(2)14-11(16)4-5-15-7-10(13)9(3)6-12(15)17/h6-8H,4-5,13H2,1-3H3,(H,14,16). The Morgan fingerprint density at radius 2 is 2.18 bits per heavy atom. The second kappa shape index (κ2) is 5.52. The highest BCUT2D eigenvalue weighted by atomic mass is 16.2. The summed E-state index contributed by atoms with van der Waals surface area (Å²) in [5, 5.41) is 2.77. The molecule has 1 amide bonds. The summed E-state index contributed by atoms with van der Waals surface area (Å²) in [7, 11) is 0. The molecule has 0 aliphatic heterocycles. The number of aromatic nitrogens is 1. The summed E-state index contributed by atoms with van der Waals surface area (Å²) in [5.41, 5.74) is 6.91. The van der Waals surface area contributed by atoms with Gasteiger partial charge in [-0.2, -0.15) is 0 Å². The molecule has 0 atom stereocenters. The van der Waals surface area contributed by atoms with E-state index in [1.165, 1.54) is 10.6 Å². The summed E-state index contributed by atoms with van der Waals surface area (Å²) in [6.07, 6.45) is 1.86. The molecule has 0 bridgehead atoms. The van der Waals surface area contributed by atoms with Crippen LogP contribution in [-0.4, -0.2) is 16.5 Å². The van der Waals surface area contributed by atoms with Gasteiger partial charge < -0.3 is 15.6 Å². The number of carbonyl (C=O) groups is 1. The molecule has 0 saturated carbocycles. The number of aryl methyl sites for hydroxylation is 2. The van der Waals surface area contributed by atoms with Gasteiger partial charge in [0.05, 0.1) is 5.69 Å². The Morgan fingerprint density at radius 1 is 1.53 bits per heavy atom. The van der Waals surface area contributed by atoms with Crippen molar-refractivity contribution in [2.45, 2.75) is 39.8 Å². The van der Waals surface area contributed by atoms with Gasteiger partial charge in [0.25, 0.3) is 5.56 Å². The van der Waals surface area contributed by atoms with Gasteiger partial charge in [0.2, 0.25) is 5.91 Å². The Hall–Kier alpha value is -1.78. The minimum Gasteiger partial charge on any atom is -0.397 e. The predicted molar refractivity (Wildman–Crippen MR) is 67.7 cm³/mol. The van der Waals surface area contributed by atoms with Crippen LogP contribution in [0.15, 0.2) is 17.1 Å². The molecule has 1 aromatic rings. The van der Waals surface area contributed by atoms with Crippen LogP contribution in [0.1, 0.15) is 25.8 Å².